The van der Waals surface area contributed by atoms with Crippen molar-refractivity contribution in [3.63, 3.8) is 0 Å². The molecule has 0 spiro atoms. The van der Waals surface area contributed by atoms with Crippen molar-refractivity contribution in [2.24, 2.45) is 0 Å². The van der Waals surface area contributed by atoms with Crippen LogP contribution >= 0.6 is 7.82 Å². The molecule has 0 amide bonds. The molecule has 0 aromatic heterocycles. The minimum Gasteiger partial charge on any atom is -0.334 e. The summed E-state index contributed by atoms with van der Waals surface area (Å²) in [5.74, 6) is 0. The SMILES string of the molecule is CCCCCCCCCCCCCCCCN1C=CN(CC)C1OP(=O)(OC)OC. The molecule has 1 aliphatic heterocycles. The van der Waals surface area contributed by atoms with Gasteiger partial charge >= 0.3 is 7.82 Å². The van der Waals surface area contributed by atoms with E-state index in [9.17, 15) is 4.57 Å². The van der Waals surface area contributed by atoms with Crippen LogP contribution in [-0.4, -0.2) is 43.5 Å². The van der Waals surface area contributed by atoms with Crippen LogP contribution in [0.25, 0.3) is 0 Å². The maximum absolute atomic E-state index is 12.4. The van der Waals surface area contributed by atoms with Crippen molar-refractivity contribution in [1.82, 2.24) is 9.80 Å². The summed E-state index contributed by atoms with van der Waals surface area (Å²) in [6, 6.07) is 0. The maximum Gasteiger partial charge on any atom is 0.477 e. The van der Waals surface area contributed by atoms with Crippen LogP contribution < -0.4 is 0 Å². The van der Waals surface area contributed by atoms with E-state index < -0.39 is 14.2 Å². The van der Waals surface area contributed by atoms with E-state index in [0.29, 0.717) is 0 Å². The number of rotatable bonds is 20. The third-order valence-corrected chi connectivity index (χ3v) is 7.16. The summed E-state index contributed by atoms with van der Waals surface area (Å²) >= 11 is 0. The van der Waals surface area contributed by atoms with Crippen LogP contribution in [0.3, 0.4) is 0 Å². The number of nitrogens with zero attached hydrogens (tertiary/aromatic N) is 2. The van der Waals surface area contributed by atoms with Crippen molar-refractivity contribution in [3.05, 3.63) is 12.4 Å². The standard InChI is InChI=1S/C23H47N2O4P/c1-5-7-8-9-10-11-12-13-14-15-16-17-18-19-20-25-22-21-24(6-2)23(25)29-30(26,27-3)28-4/h21-23H,5-20H2,1-4H3. The van der Waals surface area contributed by atoms with E-state index in [1.165, 1.54) is 97.7 Å². The molecule has 1 atom stereocenters. The fourth-order valence-corrected chi connectivity index (χ4v) is 4.64. The molecule has 0 N–H and O–H groups in total. The van der Waals surface area contributed by atoms with E-state index in [0.717, 1.165) is 19.5 Å². The normalized spacial score (nSPS) is 16.7. The second kappa shape index (κ2) is 17.1. The Morgan fingerprint density at radius 1 is 0.700 bits per heavy atom. The minimum absolute atomic E-state index is 0.428. The molecule has 1 aliphatic rings. The van der Waals surface area contributed by atoms with Crippen LogP contribution in [0.5, 0.6) is 0 Å². The maximum atomic E-state index is 12.4. The van der Waals surface area contributed by atoms with Crippen LogP contribution in [0.15, 0.2) is 12.4 Å². The fourth-order valence-electron chi connectivity index (χ4n) is 3.84. The number of hydrogen-bond acceptors (Lipinski definition) is 6. The lowest BCUT2D eigenvalue weighted by Crippen LogP contribution is -2.40. The minimum atomic E-state index is -3.51. The molecule has 0 saturated carbocycles. The van der Waals surface area contributed by atoms with E-state index in [1.807, 2.05) is 24.2 Å². The molecule has 178 valence electrons. The Bertz CT molecular complexity index is 482. The lowest BCUT2D eigenvalue weighted by molar-refractivity contribution is -0.0479. The highest BCUT2D eigenvalue weighted by Crippen LogP contribution is 2.50. The molecule has 30 heavy (non-hydrogen) atoms. The first-order chi connectivity index (χ1) is 14.6. The monoisotopic (exact) mass is 446 g/mol. The molecule has 1 heterocycles. The third kappa shape index (κ3) is 11.2. The molecule has 0 aromatic rings. The molecule has 0 radical (unpaired) electrons. The Hall–Kier alpha value is -0.550. The Morgan fingerprint density at radius 3 is 1.57 bits per heavy atom. The van der Waals surface area contributed by atoms with Gasteiger partial charge in [0.1, 0.15) is 0 Å². The van der Waals surface area contributed by atoms with E-state index in [2.05, 4.69) is 11.8 Å². The molecule has 0 aromatic carbocycles. The van der Waals surface area contributed by atoms with Gasteiger partial charge in [-0.3, -0.25) is 9.05 Å². The zero-order chi connectivity index (χ0) is 22.1. The highest BCUT2D eigenvalue weighted by molar-refractivity contribution is 7.48. The van der Waals surface area contributed by atoms with Crippen LogP contribution in [-0.2, 0) is 18.1 Å². The summed E-state index contributed by atoms with van der Waals surface area (Å²) in [5, 5.41) is 0. The Morgan fingerprint density at radius 2 is 1.13 bits per heavy atom. The van der Waals surface area contributed by atoms with E-state index >= 15 is 0 Å². The zero-order valence-electron chi connectivity index (χ0n) is 20.0. The predicted molar refractivity (Wildman–Crippen MR) is 125 cm³/mol. The number of phosphoric acid groups is 1. The molecule has 7 heteroatoms. The highest BCUT2D eigenvalue weighted by atomic mass is 31.2. The van der Waals surface area contributed by atoms with Crippen LogP contribution in [0.2, 0.25) is 0 Å². The topological polar surface area (TPSA) is 51.2 Å². The van der Waals surface area contributed by atoms with Gasteiger partial charge < -0.3 is 9.80 Å². The molecule has 0 saturated heterocycles. The first-order valence-electron chi connectivity index (χ1n) is 12.2. The summed E-state index contributed by atoms with van der Waals surface area (Å²) in [5.41, 5.74) is 0. The molecular weight excluding hydrogens is 399 g/mol. The largest absolute Gasteiger partial charge is 0.477 e. The summed E-state index contributed by atoms with van der Waals surface area (Å²) in [6.07, 6.45) is 22.5. The van der Waals surface area contributed by atoms with Crippen molar-refractivity contribution in [2.45, 2.75) is 110 Å². The van der Waals surface area contributed by atoms with Crippen molar-refractivity contribution in [3.8, 4) is 0 Å². The lowest BCUT2D eigenvalue weighted by atomic mass is 10.0. The number of unbranched alkanes of at least 4 members (excludes halogenated alkanes) is 13. The van der Waals surface area contributed by atoms with Crippen molar-refractivity contribution in [2.75, 3.05) is 27.3 Å². The average Bonchev–Trinajstić information content (AvgIpc) is 3.14. The van der Waals surface area contributed by atoms with E-state index in [4.69, 9.17) is 13.6 Å². The first-order valence-corrected chi connectivity index (χ1v) is 13.7. The molecule has 1 unspecified atom stereocenters. The van der Waals surface area contributed by atoms with E-state index in [-0.39, 0.29) is 0 Å². The lowest BCUT2D eigenvalue weighted by Gasteiger charge is -2.32. The fraction of sp³-hybridized carbons (Fsp3) is 0.913. The zero-order valence-corrected chi connectivity index (χ0v) is 20.9. The molecule has 0 fully saturated rings. The van der Waals surface area contributed by atoms with Gasteiger partial charge in [0.2, 0.25) is 6.35 Å². The van der Waals surface area contributed by atoms with Crippen LogP contribution in [0.4, 0.5) is 0 Å². The van der Waals surface area contributed by atoms with Gasteiger partial charge in [0.15, 0.2) is 0 Å². The first kappa shape index (κ1) is 27.5. The summed E-state index contributed by atoms with van der Waals surface area (Å²) < 4.78 is 27.9. The Balaban J connectivity index is 2.07. The second-order valence-corrected chi connectivity index (χ2v) is 10.0. The smallest absolute Gasteiger partial charge is 0.334 e. The van der Waals surface area contributed by atoms with Crippen molar-refractivity contribution >= 4 is 7.82 Å². The molecule has 0 aliphatic carbocycles. The number of hydrogen-bond donors (Lipinski definition) is 0. The van der Waals surface area contributed by atoms with Crippen LogP contribution in [0, 0.1) is 0 Å². The number of phosphoric ester groups is 1. The van der Waals surface area contributed by atoms with Gasteiger partial charge in [-0.2, -0.15) is 0 Å². The Labute approximate surface area is 185 Å². The summed E-state index contributed by atoms with van der Waals surface area (Å²) in [4.78, 5) is 4.07. The predicted octanol–water partition coefficient (Wildman–Crippen LogP) is 7.28. The third-order valence-electron chi connectivity index (χ3n) is 5.82. The molecule has 6 nitrogen and oxygen atoms in total. The summed E-state index contributed by atoms with van der Waals surface area (Å²) in [6.45, 7) is 5.96. The molecular formula is C23H47N2O4P. The van der Waals surface area contributed by atoms with Gasteiger partial charge in [0.05, 0.1) is 0 Å². The average molecular weight is 447 g/mol. The van der Waals surface area contributed by atoms with Crippen molar-refractivity contribution < 1.29 is 18.1 Å². The summed E-state index contributed by atoms with van der Waals surface area (Å²) in [7, 11) is -0.819. The molecule has 0 bridgehead atoms. The van der Waals surface area contributed by atoms with Gasteiger partial charge in [-0.1, -0.05) is 90.4 Å². The quantitative estimate of drug-likeness (QED) is 0.145. The second-order valence-electron chi connectivity index (χ2n) is 8.21. The van der Waals surface area contributed by atoms with E-state index in [1.54, 1.807) is 0 Å². The highest BCUT2D eigenvalue weighted by Gasteiger charge is 2.35. The van der Waals surface area contributed by atoms with Gasteiger partial charge in [-0.15, -0.1) is 0 Å². The Kier molecular flexibility index (Phi) is 15.6. The van der Waals surface area contributed by atoms with Crippen molar-refractivity contribution in [1.29, 1.82) is 0 Å². The van der Waals surface area contributed by atoms with Gasteiger partial charge in [-0.25, -0.2) is 9.09 Å². The van der Waals surface area contributed by atoms with Crippen LogP contribution in [0.1, 0.15) is 104 Å². The van der Waals surface area contributed by atoms with Gasteiger partial charge in [-0.05, 0) is 13.3 Å². The van der Waals surface area contributed by atoms with Gasteiger partial charge in [0.25, 0.3) is 0 Å². The van der Waals surface area contributed by atoms with Gasteiger partial charge in [0, 0.05) is 39.7 Å². The molecule has 1 rings (SSSR count).